The molecule has 0 bridgehead atoms. The molecule has 0 saturated heterocycles. The van der Waals surface area contributed by atoms with Crippen molar-refractivity contribution in [3.63, 3.8) is 0 Å². The monoisotopic (exact) mass is 402 g/mol. The van der Waals surface area contributed by atoms with Crippen molar-refractivity contribution in [1.82, 2.24) is 0 Å². The summed E-state index contributed by atoms with van der Waals surface area (Å²) in [5.41, 5.74) is 2.39. The number of aliphatic hydroxyl groups is 1. The molecule has 0 radical (unpaired) electrons. The zero-order valence-corrected chi connectivity index (χ0v) is 19.2. The Morgan fingerprint density at radius 2 is 1.66 bits per heavy atom. The summed E-state index contributed by atoms with van der Waals surface area (Å²) in [6, 6.07) is 9.08. The van der Waals surface area contributed by atoms with Gasteiger partial charge in [-0.05, 0) is 95.1 Å². The van der Waals surface area contributed by atoms with E-state index in [2.05, 4.69) is 38.1 Å². The average Bonchev–Trinajstić information content (AvgIpc) is 2.69. The van der Waals surface area contributed by atoms with Crippen LogP contribution in [0.3, 0.4) is 0 Å². The van der Waals surface area contributed by atoms with Gasteiger partial charge in [0.2, 0.25) is 0 Å². The molecule has 0 aliphatic heterocycles. The minimum absolute atomic E-state index is 0.0951. The molecule has 1 N–H and O–H groups in total. The van der Waals surface area contributed by atoms with E-state index in [0.29, 0.717) is 18.3 Å². The highest BCUT2D eigenvalue weighted by Crippen LogP contribution is 2.38. The van der Waals surface area contributed by atoms with Crippen LogP contribution in [0.25, 0.3) is 0 Å². The number of rotatable bonds is 9. The van der Waals surface area contributed by atoms with Gasteiger partial charge in [0.1, 0.15) is 5.60 Å². The van der Waals surface area contributed by atoms with Crippen LogP contribution in [0.5, 0.6) is 0 Å². The van der Waals surface area contributed by atoms with Crippen molar-refractivity contribution in [2.45, 2.75) is 110 Å². The number of esters is 1. The van der Waals surface area contributed by atoms with Crippen LogP contribution in [0.2, 0.25) is 0 Å². The van der Waals surface area contributed by atoms with Crippen LogP contribution in [0, 0.1) is 11.8 Å². The van der Waals surface area contributed by atoms with Crippen LogP contribution in [0.4, 0.5) is 0 Å². The molecule has 2 unspecified atom stereocenters. The maximum Gasteiger partial charge on any atom is 0.309 e. The smallest absolute Gasteiger partial charge is 0.309 e. The van der Waals surface area contributed by atoms with Gasteiger partial charge in [0.05, 0.1) is 12.0 Å². The second-order valence-corrected chi connectivity index (χ2v) is 9.87. The first-order valence-corrected chi connectivity index (χ1v) is 11.7. The summed E-state index contributed by atoms with van der Waals surface area (Å²) >= 11 is 0. The van der Waals surface area contributed by atoms with Gasteiger partial charge in [0, 0.05) is 0 Å². The molecule has 0 aromatic heterocycles. The molecule has 0 heterocycles. The van der Waals surface area contributed by atoms with Crippen LogP contribution < -0.4 is 0 Å². The normalized spacial score (nSPS) is 22.1. The summed E-state index contributed by atoms with van der Waals surface area (Å²) < 4.78 is 5.59. The van der Waals surface area contributed by atoms with Gasteiger partial charge in [0.15, 0.2) is 0 Å². The highest BCUT2D eigenvalue weighted by molar-refractivity contribution is 5.72. The van der Waals surface area contributed by atoms with Gasteiger partial charge >= 0.3 is 5.97 Å². The van der Waals surface area contributed by atoms with Gasteiger partial charge in [-0.2, -0.15) is 0 Å². The SMILES string of the molecule is CCCC(CCC(O)C1CCC(c2ccc(CC)cc2)CC1)C(=O)OC(C)(C)C. The number of aryl methyl sites for hydroxylation is 1. The van der Waals surface area contributed by atoms with E-state index in [-0.39, 0.29) is 18.0 Å². The molecule has 3 nitrogen and oxygen atoms in total. The molecule has 2 rings (SSSR count). The quantitative estimate of drug-likeness (QED) is 0.485. The summed E-state index contributed by atoms with van der Waals surface area (Å²) in [7, 11) is 0. The molecular weight excluding hydrogens is 360 g/mol. The third-order valence-corrected chi connectivity index (χ3v) is 6.36. The third kappa shape index (κ3) is 7.77. The molecule has 1 aliphatic carbocycles. The van der Waals surface area contributed by atoms with Gasteiger partial charge in [-0.25, -0.2) is 0 Å². The first-order chi connectivity index (χ1) is 13.7. The summed E-state index contributed by atoms with van der Waals surface area (Å²) in [5, 5.41) is 10.8. The fourth-order valence-corrected chi connectivity index (χ4v) is 4.58. The molecule has 1 aromatic carbocycles. The van der Waals surface area contributed by atoms with Crippen LogP contribution in [-0.2, 0) is 16.0 Å². The number of aliphatic hydroxyl groups excluding tert-OH is 1. The summed E-state index contributed by atoms with van der Waals surface area (Å²) in [5.74, 6) is 0.786. The van der Waals surface area contributed by atoms with Crippen LogP contribution in [-0.4, -0.2) is 22.8 Å². The second kappa shape index (κ2) is 11.2. The standard InChI is InChI=1S/C26H42O3/c1-6-8-23(25(28)29-26(3,4)5)17-18-24(27)22-15-13-21(14-16-22)20-11-9-19(7-2)10-12-20/h9-12,21-24,27H,6-8,13-18H2,1-5H3. The van der Waals surface area contributed by atoms with Crippen molar-refractivity contribution in [2.75, 3.05) is 0 Å². The lowest BCUT2D eigenvalue weighted by Gasteiger charge is -2.32. The average molecular weight is 403 g/mol. The first kappa shape index (κ1) is 23.9. The Morgan fingerprint density at radius 3 is 2.17 bits per heavy atom. The Bertz CT molecular complexity index is 606. The van der Waals surface area contributed by atoms with E-state index in [1.165, 1.54) is 11.1 Å². The molecule has 0 amide bonds. The maximum absolute atomic E-state index is 12.5. The predicted octanol–water partition coefficient (Wildman–Crippen LogP) is 6.42. The van der Waals surface area contributed by atoms with Gasteiger partial charge in [-0.1, -0.05) is 44.5 Å². The van der Waals surface area contributed by atoms with Crippen molar-refractivity contribution in [3.8, 4) is 0 Å². The highest BCUT2D eigenvalue weighted by atomic mass is 16.6. The molecule has 2 atom stereocenters. The second-order valence-electron chi connectivity index (χ2n) is 9.87. The molecule has 0 spiro atoms. The van der Waals surface area contributed by atoms with E-state index in [1.54, 1.807) is 0 Å². The van der Waals surface area contributed by atoms with E-state index in [4.69, 9.17) is 4.74 Å². The number of benzene rings is 1. The van der Waals surface area contributed by atoms with Gasteiger partial charge < -0.3 is 9.84 Å². The molecular formula is C26H42O3. The third-order valence-electron chi connectivity index (χ3n) is 6.36. The van der Waals surface area contributed by atoms with Crippen LogP contribution in [0.15, 0.2) is 24.3 Å². The highest BCUT2D eigenvalue weighted by Gasteiger charge is 2.29. The Labute approximate surface area is 178 Å². The Kier molecular flexibility index (Phi) is 9.20. The number of carbonyl (C=O) groups excluding carboxylic acids is 1. The minimum Gasteiger partial charge on any atom is -0.460 e. The summed E-state index contributed by atoms with van der Waals surface area (Å²) in [6.45, 7) is 10.0. The van der Waals surface area contributed by atoms with Gasteiger partial charge in [0.25, 0.3) is 0 Å². The lowest BCUT2D eigenvalue weighted by atomic mass is 9.75. The molecule has 1 fully saturated rings. The molecule has 164 valence electrons. The molecule has 3 heteroatoms. The van der Waals surface area contributed by atoms with Crippen molar-refractivity contribution < 1.29 is 14.6 Å². The van der Waals surface area contributed by atoms with E-state index in [9.17, 15) is 9.90 Å². The van der Waals surface area contributed by atoms with Crippen LogP contribution >= 0.6 is 0 Å². The van der Waals surface area contributed by atoms with Gasteiger partial charge in [-0.3, -0.25) is 4.79 Å². The fraction of sp³-hybridized carbons (Fsp3) is 0.731. The Hall–Kier alpha value is -1.35. The number of hydrogen-bond acceptors (Lipinski definition) is 3. The molecule has 1 saturated carbocycles. The lowest BCUT2D eigenvalue weighted by Crippen LogP contribution is -2.30. The van der Waals surface area contributed by atoms with E-state index >= 15 is 0 Å². The summed E-state index contributed by atoms with van der Waals surface area (Å²) in [6.07, 6.45) is 8.45. The lowest BCUT2D eigenvalue weighted by molar-refractivity contribution is -0.160. The van der Waals surface area contributed by atoms with Crippen molar-refractivity contribution in [3.05, 3.63) is 35.4 Å². The maximum atomic E-state index is 12.5. The first-order valence-electron chi connectivity index (χ1n) is 11.7. The molecule has 1 aliphatic rings. The Balaban J connectivity index is 1.81. The van der Waals surface area contributed by atoms with E-state index in [0.717, 1.165) is 51.4 Å². The fourth-order valence-electron chi connectivity index (χ4n) is 4.58. The van der Waals surface area contributed by atoms with Crippen molar-refractivity contribution in [1.29, 1.82) is 0 Å². The Morgan fingerprint density at radius 1 is 1.03 bits per heavy atom. The topological polar surface area (TPSA) is 46.5 Å². The van der Waals surface area contributed by atoms with E-state index < -0.39 is 5.60 Å². The van der Waals surface area contributed by atoms with Crippen molar-refractivity contribution >= 4 is 5.97 Å². The predicted molar refractivity (Wildman–Crippen MR) is 120 cm³/mol. The zero-order chi connectivity index (χ0) is 21.4. The minimum atomic E-state index is -0.449. The molecule has 29 heavy (non-hydrogen) atoms. The zero-order valence-electron chi connectivity index (χ0n) is 19.2. The van der Waals surface area contributed by atoms with Crippen LogP contribution in [0.1, 0.15) is 103 Å². The number of hydrogen-bond donors (Lipinski definition) is 1. The van der Waals surface area contributed by atoms with Gasteiger partial charge in [-0.15, -0.1) is 0 Å². The number of carbonyl (C=O) groups is 1. The van der Waals surface area contributed by atoms with Crippen molar-refractivity contribution in [2.24, 2.45) is 11.8 Å². The summed E-state index contributed by atoms with van der Waals surface area (Å²) in [4.78, 5) is 12.5. The van der Waals surface area contributed by atoms with E-state index in [1.807, 2.05) is 20.8 Å². The number of ether oxygens (including phenoxy) is 1. The largest absolute Gasteiger partial charge is 0.460 e. The molecule has 1 aromatic rings.